The number of hydrogen-bond donors (Lipinski definition) is 1. The molecule has 4 heteroatoms. The quantitative estimate of drug-likeness (QED) is 0.713. The number of aryl methyl sites for hydroxylation is 2. The summed E-state index contributed by atoms with van der Waals surface area (Å²) in [6.45, 7) is 3.89. The van der Waals surface area contributed by atoms with Crippen LogP contribution in [0.25, 0.3) is 11.0 Å². The molecule has 106 valence electrons. The number of rotatable bonds is 2. The van der Waals surface area contributed by atoms with Crippen LogP contribution >= 0.6 is 0 Å². The molecule has 0 aliphatic heterocycles. The molecular weight excluding hydrogens is 269 g/mol. The van der Waals surface area contributed by atoms with Gasteiger partial charge in [-0.1, -0.05) is 6.07 Å². The van der Waals surface area contributed by atoms with Crippen molar-refractivity contribution < 1.29 is 8.81 Å². The topological polar surface area (TPSA) is 42.2 Å². The lowest BCUT2D eigenvalue weighted by atomic mass is 10.1. The van der Waals surface area contributed by atoms with Crippen molar-refractivity contribution in [2.45, 2.75) is 13.8 Å². The van der Waals surface area contributed by atoms with Gasteiger partial charge in [0.15, 0.2) is 0 Å². The monoisotopic (exact) mass is 283 g/mol. The smallest absolute Gasteiger partial charge is 0.338 e. The minimum atomic E-state index is -0.416. The van der Waals surface area contributed by atoms with E-state index in [1.54, 1.807) is 12.1 Å². The highest BCUT2D eigenvalue weighted by atomic mass is 19.1. The van der Waals surface area contributed by atoms with Crippen molar-refractivity contribution in [3.63, 3.8) is 0 Å². The van der Waals surface area contributed by atoms with Crippen molar-refractivity contribution in [1.82, 2.24) is 0 Å². The summed E-state index contributed by atoms with van der Waals surface area (Å²) in [4.78, 5) is 11.7. The minimum absolute atomic E-state index is 0.301. The predicted octanol–water partition coefficient (Wildman–Crippen LogP) is 4.29. The van der Waals surface area contributed by atoms with Crippen LogP contribution in [-0.2, 0) is 0 Å². The first-order valence-electron chi connectivity index (χ1n) is 6.61. The Morgan fingerprint density at radius 1 is 1.05 bits per heavy atom. The molecule has 1 aromatic heterocycles. The molecule has 0 aliphatic rings. The summed E-state index contributed by atoms with van der Waals surface area (Å²) in [5, 5.41) is 3.96. The van der Waals surface area contributed by atoms with Crippen molar-refractivity contribution in [3.05, 3.63) is 69.8 Å². The molecular formula is C17H14FNO2. The highest BCUT2D eigenvalue weighted by molar-refractivity contribution is 5.93. The third-order valence-electron chi connectivity index (χ3n) is 3.55. The van der Waals surface area contributed by atoms with Crippen molar-refractivity contribution >= 4 is 22.3 Å². The lowest BCUT2D eigenvalue weighted by Gasteiger charge is -2.11. The molecule has 2 aromatic carbocycles. The van der Waals surface area contributed by atoms with Gasteiger partial charge in [0, 0.05) is 17.1 Å². The first-order chi connectivity index (χ1) is 10.0. The van der Waals surface area contributed by atoms with Crippen molar-refractivity contribution in [3.8, 4) is 0 Å². The summed E-state index contributed by atoms with van der Waals surface area (Å²) < 4.78 is 18.3. The lowest BCUT2D eigenvalue weighted by Crippen LogP contribution is -2.02. The number of benzene rings is 2. The maximum Gasteiger partial charge on any atom is 0.338 e. The summed E-state index contributed by atoms with van der Waals surface area (Å²) in [6.07, 6.45) is 0. The first kappa shape index (κ1) is 13.4. The van der Waals surface area contributed by atoms with Crippen LogP contribution in [0.3, 0.4) is 0 Å². The largest absolute Gasteiger partial charge is 0.422 e. The highest BCUT2D eigenvalue weighted by Crippen LogP contribution is 2.28. The van der Waals surface area contributed by atoms with Gasteiger partial charge in [-0.25, -0.2) is 9.18 Å². The Labute approximate surface area is 121 Å². The Morgan fingerprint density at radius 3 is 2.48 bits per heavy atom. The van der Waals surface area contributed by atoms with Gasteiger partial charge in [-0.15, -0.1) is 0 Å². The molecule has 3 nitrogen and oxygen atoms in total. The number of halogens is 1. The molecule has 0 spiro atoms. The number of hydrogen-bond acceptors (Lipinski definition) is 3. The van der Waals surface area contributed by atoms with Gasteiger partial charge in [0.05, 0.1) is 5.69 Å². The van der Waals surface area contributed by atoms with Gasteiger partial charge in [-0.2, -0.15) is 0 Å². The second kappa shape index (κ2) is 5.05. The van der Waals surface area contributed by atoms with E-state index in [1.165, 1.54) is 18.2 Å². The van der Waals surface area contributed by atoms with E-state index >= 15 is 0 Å². The fourth-order valence-electron chi connectivity index (χ4n) is 2.25. The zero-order valence-corrected chi connectivity index (χ0v) is 11.7. The summed E-state index contributed by atoms with van der Waals surface area (Å²) >= 11 is 0. The molecule has 1 N–H and O–H groups in total. The van der Waals surface area contributed by atoms with Crippen molar-refractivity contribution in [2.75, 3.05) is 5.32 Å². The van der Waals surface area contributed by atoms with Gasteiger partial charge in [0.2, 0.25) is 0 Å². The van der Waals surface area contributed by atoms with E-state index < -0.39 is 5.63 Å². The fraction of sp³-hybridized carbons (Fsp3) is 0.118. The zero-order chi connectivity index (χ0) is 15.0. The third-order valence-corrected chi connectivity index (χ3v) is 3.55. The molecule has 3 rings (SSSR count). The average molecular weight is 283 g/mol. The molecule has 0 fully saturated rings. The third kappa shape index (κ3) is 2.52. The summed E-state index contributed by atoms with van der Waals surface area (Å²) in [5.74, 6) is -0.301. The van der Waals surface area contributed by atoms with E-state index in [0.29, 0.717) is 17.0 Å². The van der Waals surface area contributed by atoms with Gasteiger partial charge >= 0.3 is 5.63 Å². The Morgan fingerprint density at radius 2 is 1.76 bits per heavy atom. The number of fused-ring (bicyclic) bond motifs is 1. The van der Waals surface area contributed by atoms with E-state index in [0.717, 1.165) is 16.5 Å². The number of nitrogens with one attached hydrogen (secondary N) is 1. The molecule has 1 heterocycles. The molecule has 0 aliphatic carbocycles. The van der Waals surface area contributed by atoms with Crippen LogP contribution in [0.15, 0.2) is 51.7 Å². The Bertz CT molecular complexity index is 866. The molecule has 0 bridgehead atoms. The Balaban J connectivity index is 2.16. The SMILES string of the molecule is Cc1ccc2c(Nc3ccc(F)cc3)cc(=O)oc2c1C. The standard InChI is InChI=1S/C17H14FNO2/c1-10-3-8-14-15(9-16(20)21-17(14)11(10)2)19-13-6-4-12(18)5-7-13/h3-9,19H,1-2H3. The summed E-state index contributed by atoms with van der Waals surface area (Å²) in [6, 6.07) is 11.3. The van der Waals surface area contributed by atoms with Crippen molar-refractivity contribution in [2.24, 2.45) is 0 Å². The second-order valence-corrected chi connectivity index (χ2v) is 5.00. The normalized spacial score (nSPS) is 10.8. The maximum absolute atomic E-state index is 12.9. The molecule has 0 saturated heterocycles. The van der Waals surface area contributed by atoms with E-state index in [1.807, 2.05) is 26.0 Å². The average Bonchev–Trinajstić information content (AvgIpc) is 2.46. The maximum atomic E-state index is 12.9. The van der Waals surface area contributed by atoms with Crippen LogP contribution in [-0.4, -0.2) is 0 Å². The van der Waals surface area contributed by atoms with Crippen LogP contribution in [0.5, 0.6) is 0 Å². The van der Waals surface area contributed by atoms with Crippen molar-refractivity contribution in [1.29, 1.82) is 0 Å². The zero-order valence-electron chi connectivity index (χ0n) is 11.7. The predicted molar refractivity (Wildman–Crippen MR) is 81.6 cm³/mol. The van der Waals surface area contributed by atoms with Crippen LogP contribution in [0.1, 0.15) is 11.1 Å². The molecule has 21 heavy (non-hydrogen) atoms. The summed E-state index contributed by atoms with van der Waals surface area (Å²) in [7, 11) is 0. The highest BCUT2D eigenvalue weighted by Gasteiger charge is 2.09. The van der Waals surface area contributed by atoms with Crippen LogP contribution in [0.2, 0.25) is 0 Å². The van der Waals surface area contributed by atoms with Gasteiger partial charge in [0.1, 0.15) is 11.4 Å². The molecule has 0 atom stereocenters. The number of anilines is 2. The Hall–Kier alpha value is -2.62. The summed E-state index contributed by atoms with van der Waals surface area (Å²) in [5.41, 5.74) is 3.52. The van der Waals surface area contributed by atoms with Gasteiger partial charge < -0.3 is 9.73 Å². The van der Waals surface area contributed by atoms with Gasteiger partial charge in [-0.3, -0.25) is 0 Å². The van der Waals surface area contributed by atoms with E-state index in [4.69, 9.17) is 4.42 Å². The molecule has 0 saturated carbocycles. The van der Waals surface area contributed by atoms with Gasteiger partial charge in [-0.05, 0) is 55.3 Å². The second-order valence-electron chi connectivity index (χ2n) is 5.00. The van der Waals surface area contributed by atoms with Gasteiger partial charge in [0.25, 0.3) is 0 Å². The van der Waals surface area contributed by atoms with E-state index in [9.17, 15) is 9.18 Å². The van der Waals surface area contributed by atoms with Crippen LogP contribution in [0, 0.1) is 19.7 Å². The lowest BCUT2D eigenvalue weighted by molar-refractivity contribution is 0.559. The molecule has 3 aromatic rings. The molecule has 0 amide bonds. The molecule has 0 unspecified atom stereocenters. The Kier molecular flexibility index (Phi) is 3.22. The minimum Gasteiger partial charge on any atom is -0.422 e. The van der Waals surface area contributed by atoms with Crippen LogP contribution < -0.4 is 10.9 Å². The molecule has 0 radical (unpaired) electrons. The van der Waals surface area contributed by atoms with Crippen LogP contribution in [0.4, 0.5) is 15.8 Å². The van der Waals surface area contributed by atoms with E-state index in [2.05, 4.69) is 5.32 Å². The first-order valence-corrected chi connectivity index (χ1v) is 6.61. The van der Waals surface area contributed by atoms with E-state index in [-0.39, 0.29) is 5.82 Å². The fourth-order valence-corrected chi connectivity index (χ4v) is 2.25.